The largest absolute Gasteiger partial charge is 0.478 e. The van der Waals surface area contributed by atoms with E-state index in [2.05, 4.69) is 39.6 Å². The van der Waals surface area contributed by atoms with E-state index < -0.39 is 0 Å². The number of nitrogens with one attached hydrogen (secondary N) is 1. The Morgan fingerprint density at radius 3 is 2.70 bits per heavy atom. The number of anilines is 1. The molecule has 106 valence electrons. The Morgan fingerprint density at radius 1 is 1.15 bits per heavy atom. The molecule has 0 spiro atoms. The van der Waals surface area contributed by atoms with Crippen LogP contribution in [0.15, 0.2) is 36.4 Å². The summed E-state index contributed by atoms with van der Waals surface area (Å²) in [7, 11) is 0. The van der Waals surface area contributed by atoms with Gasteiger partial charge in [0, 0.05) is 18.3 Å². The third-order valence-electron chi connectivity index (χ3n) is 2.89. The van der Waals surface area contributed by atoms with Gasteiger partial charge in [-0.15, -0.1) is 0 Å². The van der Waals surface area contributed by atoms with Crippen LogP contribution < -0.4 is 10.1 Å². The van der Waals surface area contributed by atoms with Crippen molar-refractivity contribution in [2.24, 2.45) is 0 Å². The number of rotatable bonds is 7. The van der Waals surface area contributed by atoms with Crippen LogP contribution in [-0.2, 0) is 6.42 Å². The summed E-state index contributed by atoms with van der Waals surface area (Å²) in [6.45, 7) is 5.36. The van der Waals surface area contributed by atoms with Crippen molar-refractivity contribution in [1.82, 2.24) is 9.97 Å². The van der Waals surface area contributed by atoms with Crippen LogP contribution in [0.4, 0.5) is 5.95 Å². The smallest absolute Gasteiger partial charge is 0.226 e. The van der Waals surface area contributed by atoms with Gasteiger partial charge in [-0.1, -0.05) is 30.3 Å². The summed E-state index contributed by atoms with van der Waals surface area (Å²) in [5, 5.41) is 3.25. The highest BCUT2D eigenvalue weighted by Gasteiger charge is 2.02. The predicted octanol–water partition coefficient (Wildman–Crippen LogP) is 3.23. The first-order chi connectivity index (χ1) is 9.78. The van der Waals surface area contributed by atoms with Crippen molar-refractivity contribution in [3.8, 4) is 5.88 Å². The van der Waals surface area contributed by atoms with Crippen LogP contribution in [0.3, 0.4) is 0 Å². The van der Waals surface area contributed by atoms with Gasteiger partial charge in [-0.05, 0) is 32.3 Å². The Labute approximate surface area is 120 Å². The molecule has 1 aromatic carbocycles. The highest BCUT2D eigenvalue weighted by molar-refractivity contribution is 5.30. The first-order valence-corrected chi connectivity index (χ1v) is 7.04. The van der Waals surface area contributed by atoms with Crippen molar-refractivity contribution >= 4 is 5.95 Å². The van der Waals surface area contributed by atoms with Crippen LogP contribution in [0, 0.1) is 6.92 Å². The molecule has 0 saturated carbocycles. The number of hydrogen-bond acceptors (Lipinski definition) is 4. The fraction of sp³-hybridized carbons (Fsp3) is 0.375. The second-order valence-electron chi connectivity index (χ2n) is 4.62. The molecule has 0 fully saturated rings. The lowest BCUT2D eigenvalue weighted by Crippen LogP contribution is -2.08. The second-order valence-corrected chi connectivity index (χ2v) is 4.62. The predicted molar refractivity (Wildman–Crippen MR) is 81.2 cm³/mol. The Morgan fingerprint density at radius 2 is 1.95 bits per heavy atom. The van der Waals surface area contributed by atoms with E-state index in [1.54, 1.807) is 0 Å². The van der Waals surface area contributed by atoms with Crippen LogP contribution in [0.25, 0.3) is 0 Å². The molecule has 0 unspecified atom stereocenters. The molecule has 0 aliphatic rings. The van der Waals surface area contributed by atoms with Gasteiger partial charge in [0.25, 0.3) is 0 Å². The monoisotopic (exact) mass is 271 g/mol. The lowest BCUT2D eigenvalue weighted by atomic mass is 10.1. The summed E-state index contributed by atoms with van der Waals surface area (Å²) < 4.78 is 5.41. The van der Waals surface area contributed by atoms with Crippen molar-refractivity contribution in [2.75, 3.05) is 18.5 Å². The molecule has 4 nitrogen and oxygen atoms in total. The lowest BCUT2D eigenvalue weighted by Gasteiger charge is -2.08. The minimum atomic E-state index is 0.615. The van der Waals surface area contributed by atoms with Gasteiger partial charge in [0.05, 0.1) is 6.61 Å². The number of benzene rings is 1. The summed E-state index contributed by atoms with van der Waals surface area (Å²) in [5.74, 6) is 1.27. The van der Waals surface area contributed by atoms with Crippen molar-refractivity contribution in [3.63, 3.8) is 0 Å². The third-order valence-corrected chi connectivity index (χ3v) is 2.89. The van der Waals surface area contributed by atoms with Gasteiger partial charge in [0.1, 0.15) is 0 Å². The molecule has 0 aliphatic carbocycles. The fourth-order valence-corrected chi connectivity index (χ4v) is 1.98. The SMILES string of the molecule is CCOc1cc(C)nc(NCCCc2ccccc2)n1. The van der Waals surface area contributed by atoms with Crippen LogP contribution in [0.5, 0.6) is 5.88 Å². The fourth-order valence-electron chi connectivity index (χ4n) is 1.98. The maximum Gasteiger partial charge on any atom is 0.226 e. The highest BCUT2D eigenvalue weighted by Crippen LogP contribution is 2.12. The molecule has 0 saturated heterocycles. The second kappa shape index (κ2) is 7.48. The van der Waals surface area contributed by atoms with Gasteiger partial charge in [-0.3, -0.25) is 0 Å². The maximum atomic E-state index is 5.41. The van der Waals surface area contributed by atoms with Gasteiger partial charge < -0.3 is 10.1 Å². The zero-order chi connectivity index (χ0) is 14.2. The van der Waals surface area contributed by atoms with E-state index >= 15 is 0 Å². The Balaban J connectivity index is 1.81. The van der Waals surface area contributed by atoms with E-state index in [4.69, 9.17) is 4.74 Å². The topological polar surface area (TPSA) is 47.0 Å². The molecule has 2 aromatic rings. The normalized spacial score (nSPS) is 10.3. The highest BCUT2D eigenvalue weighted by atomic mass is 16.5. The van der Waals surface area contributed by atoms with E-state index in [1.807, 2.05) is 26.0 Å². The molecular formula is C16H21N3O. The molecule has 1 aromatic heterocycles. The Kier molecular flexibility index (Phi) is 5.35. The van der Waals surface area contributed by atoms with Crippen LogP contribution in [0.2, 0.25) is 0 Å². The number of aromatic nitrogens is 2. The average molecular weight is 271 g/mol. The number of aryl methyl sites for hydroxylation is 2. The van der Waals surface area contributed by atoms with Gasteiger partial charge in [0.15, 0.2) is 0 Å². The van der Waals surface area contributed by atoms with E-state index in [9.17, 15) is 0 Å². The molecule has 1 heterocycles. The Hall–Kier alpha value is -2.10. The summed E-state index contributed by atoms with van der Waals surface area (Å²) in [4.78, 5) is 8.68. The maximum absolute atomic E-state index is 5.41. The van der Waals surface area contributed by atoms with Gasteiger partial charge in [-0.2, -0.15) is 4.98 Å². The van der Waals surface area contributed by atoms with Crippen LogP contribution >= 0.6 is 0 Å². The van der Waals surface area contributed by atoms with Crippen molar-refractivity contribution < 1.29 is 4.74 Å². The third kappa shape index (κ3) is 4.53. The van der Waals surface area contributed by atoms with Crippen molar-refractivity contribution in [2.45, 2.75) is 26.7 Å². The molecule has 0 amide bonds. The van der Waals surface area contributed by atoms with E-state index in [1.165, 1.54) is 5.56 Å². The minimum absolute atomic E-state index is 0.615. The average Bonchev–Trinajstić information content (AvgIpc) is 2.45. The van der Waals surface area contributed by atoms with Crippen molar-refractivity contribution in [3.05, 3.63) is 47.7 Å². The Bertz CT molecular complexity index is 529. The summed E-state index contributed by atoms with van der Waals surface area (Å²) >= 11 is 0. The lowest BCUT2D eigenvalue weighted by molar-refractivity contribution is 0.326. The van der Waals surface area contributed by atoms with E-state index in [0.717, 1.165) is 25.1 Å². The number of nitrogens with zero attached hydrogens (tertiary/aromatic N) is 2. The first-order valence-electron chi connectivity index (χ1n) is 7.04. The molecule has 20 heavy (non-hydrogen) atoms. The van der Waals surface area contributed by atoms with Crippen LogP contribution in [0.1, 0.15) is 24.6 Å². The van der Waals surface area contributed by atoms with E-state index in [0.29, 0.717) is 18.4 Å². The molecule has 1 N–H and O–H groups in total. The molecule has 4 heteroatoms. The van der Waals surface area contributed by atoms with Gasteiger partial charge >= 0.3 is 0 Å². The summed E-state index contributed by atoms with van der Waals surface area (Å²) in [6.07, 6.45) is 2.10. The van der Waals surface area contributed by atoms with E-state index in [-0.39, 0.29) is 0 Å². The zero-order valence-corrected chi connectivity index (χ0v) is 12.1. The molecule has 0 aliphatic heterocycles. The quantitative estimate of drug-likeness (QED) is 0.785. The standard InChI is InChI=1S/C16H21N3O/c1-3-20-15-12-13(2)18-16(19-15)17-11-7-10-14-8-5-4-6-9-14/h4-6,8-9,12H,3,7,10-11H2,1-2H3,(H,17,18,19). The molecular weight excluding hydrogens is 250 g/mol. The van der Waals surface area contributed by atoms with Crippen LogP contribution in [-0.4, -0.2) is 23.1 Å². The van der Waals surface area contributed by atoms with Crippen molar-refractivity contribution in [1.29, 1.82) is 0 Å². The number of ether oxygens (including phenoxy) is 1. The molecule has 0 atom stereocenters. The first kappa shape index (κ1) is 14.3. The molecule has 2 rings (SSSR count). The number of hydrogen-bond donors (Lipinski definition) is 1. The zero-order valence-electron chi connectivity index (χ0n) is 12.1. The minimum Gasteiger partial charge on any atom is -0.478 e. The van der Waals surface area contributed by atoms with Gasteiger partial charge in [-0.25, -0.2) is 4.98 Å². The molecule has 0 bridgehead atoms. The summed E-state index contributed by atoms with van der Waals surface area (Å²) in [6, 6.07) is 12.3. The molecule has 0 radical (unpaired) electrons. The summed E-state index contributed by atoms with van der Waals surface area (Å²) in [5.41, 5.74) is 2.27. The van der Waals surface area contributed by atoms with Gasteiger partial charge in [0.2, 0.25) is 11.8 Å².